The molecule has 9 N–H and O–H groups in total. The highest BCUT2D eigenvalue weighted by Crippen LogP contribution is 2.36. The van der Waals surface area contributed by atoms with Gasteiger partial charge in [0.25, 0.3) is 0 Å². The highest BCUT2D eigenvalue weighted by atomic mass is 35.5. The molecule has 12 rings (SSSR count). The largest absolute Gasteiger partial charge is 0.396 e. The number of rotatable bonds is 22. The van der Waals surface area contributed by atoms with Gasteiger partial charge in [0.2, 0.25) is 17.3 Å². The molecule has 0 spiro atoms. The zero-order chi connectivity index (χ0) is 65.5. The maximum absolute atomic E-state index is 13.2. The summed E-state index contributed by atoms with van der Waals surface area (Å²) in [5.74, 6) is 2.67. The van der Waals surface area contributed by atoms with Crippen molar-refractivity contribution in [2.45, 2.75) is 124 Å². The summed E-state index contributed by atoms with van der Waals surface area (Å²) in [6.07, 6.45) is 24.6. The third-order valence-electron chi connectivity index (χ3n) is 16.6. The number of halogens is 1. The van der Waals surface area contributed by atoms with Crippen LogP contribution >= 0.6 is 45.6 Å². The quantitative estimate of drug-likeness (QED) is 0.0231. The van der Waals surface area contributed by atoms with Gasteiger partial charge in [-0.3, -0.25) is 18.6 Å². The molecule has 27 heteroatoms. The fourth-order valence-corrected chi connectivity index (χ4v) is 14.9. The molecule has 9 aromatic heterocycles. The summed E-state index contributed by atoms with van der Waals surface area (Å²) < 4.78 is 30.9. The van der Waals surface area contributed by atoms with Crippen LogP contribution in [0, 0.1) is 50.4 Å². The van der Waals surface area contributed by atoms with Crippen molar-refractivity contribution in [3.8, 4) is 0 Å². The highest BCUT2D eigenvalue weighted by Gasteiger charge is 2.36. The van der Waals surface area contributed by atoms with Gasteiger partial charge in [-0.2, -0.15) is 8.42 Å². The Morgan fingerprint density at radius 2 is 1.04 bits per heavy atom. The number of nitrogens with zero attached hydrogens (tertiary/aromatic N) is 8. The summed E-state index contributed by atoms with van der Waals surface area (Å²) >= 11 is 10.0. The maximum Gasteiger partial charge on any atom is 0.333 e. The van der Waals surface area contributed by atoms with Crippen LogP contribution in [0.2, 0.25) is 0 Å². The Balaban J connectivity index is 0.000000172. The number of ketones is 3. The van der Waals surface area contributed by atoms with Gasteiger partial charge >= 0.3 is 10.3 Å². The molecule has 0 aromatic carbocycles. The number of alkyl halides is 1. The van der Waals surface area contributed by atoms with Crippen LogP contribution in [0.3, 0.4) is 0 Å². The summed E-state index contributed by atoms with van der Waals surface area (Å²) in [6, 6.07) is 12.0. The van der Waals surface area contributed by atoms with Crippen LogP contribution in [0.4, 0.5) is 17.5 Å². The van der Waals surface area contributed by atoms with Gasteiger partial charge < -0.3 is 45.4 Å². The third kappa shape index (κ3) is 20.1. The Kier molecular flexibility index (Phi) is 25.9. The van der Waals surface area contributed by atoms with E-state index in [0.29, 0.717) is 97.7 Å². The first-order valence-electron chi connectivity index (χ1n) is 30.3. The van der Waals surface area contributed by atoms with E-state index in [4.69, 9.17) is 16.7 Å². The molecule has 496 valence electrons. The van der Waals surface area contributed by atoms with Gasteiger partial charge in [0.05, 0.1) is 44.0 Å². The first kappa shape index (κ1) is 71.5. The molecule has 3 fully saturated rings. The molecule has 9 aromatic rings. The summed E-state index contributed by atoms with van der Waals surface area (Å²) in [5, 5.41) is 49.9. The van der Waals surface area contributed by atoms with Gasteiger partial charge in [-0.25, -0.2) is 35.0 Å². The minimum absolute atomic E-state index is 0. The van der Waals surface area contributed by atoms with Crippen molar-refractivity contribution in [3.05, 3.63) is 192 Å². The van der Waals surface area contributed by atoms with Gasteiger partial charge in [0.15, 0.2) is 0 Å². The lowest BCUT2D eigenvalue weighted by Crippen LogP contribution is -2.24. The molecule has 0 aliphatic heterocycles. The van der Waals surface area contributed by atoms with Crippen molar-refractivity contribution >= 4 is 90.7 Å². The van der Waals surface area contributed by atoms with Crippen LogP contribution in [0.15, 0.2) is 127 Å². The number of anilines is 3. The van der Waals surface area contributed by atoms with Crippen LogP contribution in [-0.2, 0) is 33.5 Å². The van der Waals surface area contributed by atoms with Gasteiger partial charge in [-0.05, 0) is 169 Å². The first-order chi connectivity index (χ1) is 44.2. The van der Waals surface area contributed by atoms with Crippen LogP contribution in [0.25, 0.3) is 0 Å². The fraction of sp³-hybridized carbons (Fsp3) is 0.409. The van der Waals surface area contributed by atoms with Crippen LogP contribution in [-0.4, -0.2) is 129 Å². The molecule has 9 atom stereocenters. The smallest absolute Gasteiger partial charge is 0.333 e. The molecule has 3 saturated carbocycles. The Labute approximate surface area is 559 Å². The minimum Gasteiger partial charge on any atom is -0.396 e. The van der Waals surface area contributed by atoms with Gasteiger partial charge in [0.1, 0.15) is 36.4 Å². The second-order valence-corrected chi connectivity index (χ2v) is 28.1. The number of aliphatic hydroxyl groups excluding tert-OH is 3. The molecule has 9 heterocycles. The second kappa shape index (κ2) is 33.6. The van der Waals surface area contributed by atoms with Gasteiger partial charge in [-0.15, -0.1) is 45.6 Å². The number of aliphatic hydroxyl groups is 3. The van der Waals surface area contributed by atoms with E-state index < -0.39 is 22.3 Å². The number of aromatic amines is 1. The van der Waals surface area contributed by atoms with Crippen LogP contribution in [0.1, 0.15) is 139 Å². The van der Waals surface area contributed by atoms with Crippen LogP contribution < -0.4 is 21.1 Å². The number of aryl methyl sites for hydroxylation is 3. The standard InChI is InChI=1S/C22H26N4O2S.C21H25N5O5S2.C17H20ClN3O2S.C5H7N.CH4/c1-14-3-4-26(9-14)10-16-6-20(29-12-16)21(28)19-8-23-13-24-22(19)25-18-5-15(2)17(7-18)11-27;1-13-2-3-26(8-13)9-14-4-19(32-11-14)20(28)17-7-23-12-24-21(17)25-16-5-15(18(27)6-16)10-31-33(22,29)30;1-10-2-13(4-12(10)7-22)21-17-14(6-19-9-20-17)16(23)15-3-11(5-18)8-24-15;1-5-2-3-6-4-5;/h3-4,6,8-9,12-13,15,17-18,27H,5,7,10-11H2,1-2H3,(H,23,24,25);2-4,7-8,11-12,15-16,18,27H,5-6,9-10H2,1H3,(H2,22,29,30)(H,23,24,25);3,6,8-10,12-13,22H,2,4-5,7H2,1H3,(H,19,20,21);2-4,6H,1H3;1H4/t15-,17+,18-;15-,16-,18+;10-,12+,13-;;/m010../s1. The second-order valence-electron chi connectivity index (χ2n) is 23.9. The van der Waals surface area contributed by atoms with Gasteiger partial charge in [-0.1, -0.05) is 21.3 Å². The molecule has 3 aliphatic rings. The predicted molar refractivity (Wildman–Crippen MR) is 366 cm³/mol. The number of nitrogens with two attached hydrogens (primary N) is 1. The van der Waals surface area contributed by atoms with E-state index in [1.54, 1.807) is 12.4 Å². The molecule has 22 nitrogen and oxygen atoms in total. The van der Waals surface area contributed by atoms with E-state index in [1.165, 1.54) is 75.9 Å². The van der Waals surface area contributed by atoms with Crippen molar-refractivity contribution in [2.75, 3.05) is 35.8 Å². The number of carbonyl (C=O) groups is 3. The third-order valence-corrected chi connectivity index (χ3v) is 20.3. The lowest BCUT2D eigenvalue weighted by Gasteiger charge is -2.15. The molecule has 0 saturated heterocycles. The van der Waals surface area contributed by atoms with Crippen molar-refractivity contribution in [1.29, 1.82) is 0 Å². The van der Waals surface area contributed by atoms with E-state index in [2.05, 4.69) is 104 Å². The first-order valence-corrected chi connectivity index (χ1v) is 34.9. The van der Waals surface area contributed by atoms with E-state index in [1.807, 2.05) is 84.4 Å². The SMILES string of the molecule is C.C[C@H]1C[C@H](Nc2ncncc2C(=O)c2cc(CCl)cs2)C[C@@H]1CO.Cc1cc[nH]c1.Cc1ccn(Cc2csc(C(=O)c3cncnc3N[C@@H]3C[C@H](CO)[C@@H](C)C3)c2)c1.Cc1ccn(Cc2csc(C(=O)c3cncnc3N[C@@H]3C[C@H](COS(N)(=O)=O)[C@@H](O)C3)c2)c1. The molecule has 93 heavy (non-hydrogen) atoms. The molecular weight excluding hydrogens is 1280 g/mol. The lowest BCUT2D eigenvalue weighted by atomic mass is 10.00. The number of hydrogen-bond acceptors (Lipinski definition) is 21. The summed E-state index contributed by atoms with van der Waals surface area (Å²) in [5.41, 5.74) is 8.06. The zero-order valence-corrected chi connectivity index (χ0v) is 55.8. The molecule has 0 amide bonds. The maximum atomic E-state index is 13.2. The lowest BCUT2D eigenvalue weighted by molar-refractivity contribution is 0.100. The van der Waals surface area contributed by atoms with E-state index in [-0.39, 0.29) is 62.7 Å². The molecule has 0 unspecified atom stereocenters. The van der Waals surface area contributed by atoms with E-state index >= 15 is 0 Å². The summed E-state index contributed by atoms with van der Waals surface area (Å²) in [4.78, 5) is 68.8. The van der Waals surface area contributed by atoms with E-state index in [0.717, 1.165) is 48.9 Å². The molecule has 0 bridgehead atoms. The zero-order valence-electron chi connectivity index (χ0n) is 51.8. The van der Waals surface area contributed by atoms with Gasteiger partial charge in [0, 0.05) is 112 Å². The molecule has 0 radical (unpaired) electrons. The Morgan fingerprint density at radius 1 is 0.634 bits per heavy atom. The Bertz CT molecular complexity index is 3980. The average molecular weight is 1370 g/mol. The Morgan fingerprint density at radius 3 is 1.38 bits per heavy atom. The normalized spacial score (nSPS) is 20.6. The number of thiophene rings is 3. The average Bonchev–Trinajstić information content (AvgIpc) is 1.85. The van der Waals surface area contributed by atoms with E-state index in [9.17, 15) is 38.1 Å². The minimum atomic E-state index is -4.07. The number of H-pyrrole nitrogens is 1. The molecule has 3 aliphatic carbocycles. The number of aromatic nitrogens is 9. The monoisotopic (exact) mass is 1360 g/mol. The topological polar surface area (TPSA) is 320 Å². The number of hydrogen-bond donors (Lipinski definition) is 8. The fourth-order valence-electron chi connectivity index (χ4n) is 11.7. The van der Waals surface area contributed by atoms with Crippen molar-refractivity contribution in [2.24, 2.45) is 34.7 Å². The molecular formula is C66H82ClN13O9S4. The van der Waals surface area contributed by atoms with Crippen molar-refractivity contribution < 1.29 is 42.3 Å². The van der Waals surface area contributed by atoms with Crippen molar-refractivity contribution in [3.63, 3.8) is 0 Å². The Hall–Kier alpha value is -7.37. The number of carbonyl (C=O) groups excluding carboxylic acids is 3. The summed E-state index contributed by atoms with van der Waals surface area (Å²) in [7, 11) is -4.07. The van der Waals surface area contributed by atoms with Crippen LogP contribution in [0.5, 0.6) is 0 Å². The van der Waals surface area contributed by atoms with Crippen molar-refractivity contribution in [1.82, 2.24) is 44.0 Å². The highest BCUT2D eigenvalue weighted by molar-refractivity contribution is 7.84. The number of nitrogens with one attached hydrogen (secondary N) is 4. The summed E-state index contributed by atoms with van der Waals surface area (Å²) in [6.45, 7) is 12.1. The predicted octanol–water partition coefficient (Wildman–Crippen LogP) is 10.7.